The van der Waals surface area contributed by atoms with E-state index in [4.69, 9.17) is 16.3 Å². The van der Waals surface area contributed by atoms with Gasteiger partial charge in [-0.25, -0.2) is 0 Å². The summed E-state index contributed by atoms with van der Waals surface area (Å²) in [6, 6.07) is 3.47. The number of hydrogen-bond donors (Lipinski definition) is 1. The third-order valence-electron chi connectivity index (χ3n) is 1.93. The fraction of sp³-hybridized carbons (Fsp3) is 0.500. The molecule has 1 heterocycles. The molecule has 0 saturated carbocycles. The Bertz CT molecular complexity index is 281. The quantitative estimate of drug-likeness (QED) is 0.766. The average molecular weight is 216 g/mol. The van der Waals surface area contributed by atoms with E-state index in [-0.39, 0.29) is 0 Å². The highest BCUT2D eigenvalue weighted by Crippen LogP contribution is 2.23. The molecule has 0 amide bonds. The minimum Gasteiger partial charge on any atom is -0.387 e. The van der Waals surface area contributed by atoms with E-state index in [0.29, 0.717) is 23.7 Å². The first kappa shape index (κ1) is 11.4. The van der Waals surface area contributed by atoms with Crippen molar-refractivity contribution >= 4 is 11.6 Å². The minimum absolute atomic E-state index is 0.511. The first-order valence-electron chi connectivity index (χ1n) is 4.53. The highest BCUT2D eigenvalue weighted by atomic mass is 35.5. The molecule has 78 valence electrons. The van der Waals surface area contributed by atoms with Gasteiger partial charge in [0.05, 0.1) is 16.8 Å². The largest absolute Gasteiger partial charge is 0.387 e. The molecule has 1 atom stereocenters. The van der Waals surface area contributed by atoms with Crippen LogP contribution in [0.15, 0.2) is 18.3 Å². The highest BCUT2D eigenvalue weighted by Gasteiger charge is 2.11. The van der Waals surface area contributed by atoms with Gasteiger partial charge in [0.1, 0.15) is 0 Å². The Balaban J connectivity index is 2.51. The topological polar surface area (TPSA) is 42.4 Å². The fourth-order valence-corrected chi connectivity index (χ4v) is 1.45. The maximum Gasteiger partial charge on any atom is 0.0975 e. The molecule has 0 aliphatic heterocycles. The molecule has 0 aromatic carbocycles. The third kappa shape index (κ3) is 3.25. The predicted octanol–water partition coefficient (Wildman–Crippen LogP) is 2.20. The van der Waals surface area contributed by atoms with Crippen LogP contribution < -0.4 is 0 Å². The zero-order chi connectivity index (χ0) is 10.4. The Morgan fingerprint density at radius 2 is 2.43 bits per heavy atom. The zero-order valence-electron chi connectivity index (χ0n) is 8.11. The number of ether oxygens (including phenoxy) is 1. The van der Waals surface area contributed by atoms with Gasteiger partial charge >= 0.3 is 0 Å². The van der Waals surface area contributed by atoms with Crippen LogP contribution in [0.3, 0.4) is 0 Å². The molecule has 0 aliphatic rings. The van der Waals surface area contributed by atoms with Gasteiger partial charge < -0.3 is 9.84 Å². The fourth-order valence-electron chi connectivity index (χ4n) is 1.20. The van der Waals surface area contributed by atoms with Crippen LogP contribution in [0.25, 0.3) is 0 Å². The Morgan fingerprint density at radius 1 is 1.64 bits per heavy atom. The van der Waals surface area contributed by atoms with Gasteiger partial charge in [-0.2, -0.15) is 0 Å². The van der Waals surface area contributed by atoms with E-state index in [1.165, 1.54) is 0 Å². The van der Waals surface area contributed by atoms with E-state index >= 15 is 0 Å². The monoisotopic (exact) mass is 215 g/mol. The summed E-state index contributed by atoms with van der Waals surface area (Å²) in [5, 5.41) is 10.2. The number of nitrogens with zero attached hydrogens (tertiary/aromatic N) is 1. The van der Waals surface area contributed by atoms with E-state index in [1.807, 2.05) is 0 Å². The van der Waals surface area contributed by atoms with Gasteiger partial charge in [-0.1, -0.05) is 11.6 Å². The van der Waals surface area contributed by atoms with Gasteiger partial charge in [-0.3, -0.25) is 4.98 Å². The maximum atomic E-state index is 9.73. The van der Waals surface area contributed by atoms with Crippen molar-refractivity contribution < 1.29 is 9.84 Å². The predicted molar refractivity (Wildman–Crippen MR) is 55.3 cm³/mol. The lowest BCUT2D eigenvalue weighted by molar-refractivity contribution is 0.133. The lowest BCUT2D eigenvalue weighted by atomic mass is 10.1. The van der Waals surface area contributed by atoms with E-state index < -0.39 is 6.10 Å². The van der Waals surface area contributed by atoms with Crippen LogP contribution in [-0.2, 0) is 4.74 Å². The highest BCUT2D eigenvalue weighted by molar-refractivity contribution is 6.31. The molecule has 3 nitrogen and oxygen atoms in total. The summed E-state index contributed by atoms with van der Waals surface area (Å²) in [7, 11) is 1.64. The van der Waals surface area contributed by atoms with Crippen molar-refractivity contribution in [3.63, 3.8) is 0 Å². The summed E-state index contributed by atoms with van der Waals surface area (Å²) < 4.78 is 4.89. The van der Waals surface area contributed by atoms with E-state index in [9.17, 15) is 5.11 Å². The molecule has 0 saturated heterocycles. The first-order valence-corrected chi connectivity index (χ1v) is 4.91. The van der Waals surface area contributed by atoms with E-state index in [0.717, 1.165) is 6.42 Å². The Morgan fingerprint density at radius 3 is 3.07 bits per heavy atom. The van der Waals surface area contributed by atoms with Gasteiger partial charge in [0.25, 0.3) is 0 Å². The number of aliphatic hydroxyl groups excluding tert-OH is 1. The second-order valence-corrected chi connectivity index (χ2v) is 3.43. The lowest BCUT2D eigenvalue weighted by Gasteiger charge is -2.10. The molecule has 0 aliphatic carbocycles. The third-order valence-corrected chi connectivity index (χ3v) is 2.25. The summed E-state index contributed by atoms with van der Waals surface area (Å²) in [6.07, 6.45) is 2.44. The number of pyridine rings is 1. The molecule has 0 radical (unpaired) electrons. The summed E-state index contributed by atoms with van der Waals surface area (Å²) in [5.41, 5.74) is 0.547. The number of halogens is 1. The molecule has 0 spiro atoms. The van der Waals surface area contributed by atoms with Crippen LogP contribution in [0.2, 0.25) is 5.02 Å². The van der Waals surface area contributed by atoms with E-state index in [2.05, 4.69) is 4.98 Å². The number of aromatic nitrogens is 1. The van der Waals surface area contributed by atoms with Crippen molar-refractivity contribution in [3.8, 4) is 0 Å². The SMILES string of the molecule is COCCCC(O)c1ncccc1Cl. The van der Waals surface area contributed by atoms with Gasteiger partial charge in [0.2, 0.25) is 0 Å². The van der Waals surface area contributed by atoms with Crippen molar-refractivity contribution in [1.29, 1.82) is 0 Å². The number of aliphatic hydroxyl groups is 1. The van der Waals surface area contributed by atoms with Crippen LogP contribution in [-0.4, -0.2) is 23.8 Å². The molecule has 1 N–H and O–H groups in total. The molecule has 0 bridgehead atoms. The van der Waals surface area contributed by atoms with Gasteiger partial charge in [-0.05, 0) is 25.0 Å². The smallest absolute Gasteiger partial charge is 0.0975 e. The van der Waals surface area contributed by atoms with Crippen LogP contribution in [0.4, 0.5) is 0 Å². The Kier molecular flexibility index (Phi) is 4.87. The second kappa shape index (κ2) is 5.96. The molecule has 4 heteroatoms. The molecule has 1 unspecified atom stereocenters. The normalized spacial score (nSPS) is 12.8. The van der Waals surface area contributed by atoms with Crippen LogP contribution in [0, 0.1) is 0 Å². The molecule has 1 aromatic rings. The van der Waals surface area contributed by atoms with Crippen molar-refractivity contribution in [1.82, 2.24) is 4.98 Å². The van der Waals surface area contributed by atoms with Crippen LogP contribution in [0.5, 0.6) is 0 Å². The van der Waals surface area contributed by atoms with Gasteiger partial charge in [-0.15, -0.1) is 0 Å². The average Bonchev–Trinajstić information content (AvgIpc) is 2.18. The van der Waals surface area contributed by atoms with E-state index in [1.54, 1.807) is 25.4 Å². The molecule has 1 rings (SSSR count). The molecule has 0 fully saturated rings. The van der Waals surface area contributed by atoms with Crippen molar-refractivity contribution in [2.24, 2.45) is 0 Å². The van der Waals surface area contributed by atoms with Crippen molar-refractivity contribution in [3.05, 3.63) is 29.0 Å². The number of methoxy groups -OCH3 is 1. The second-order valence-electron chi connectivity index (χ2n) is 3.02. The standard InChI is InChI=1S/C10H14ClNO2/c1-14-7-3-5-9(13)10-8(11)4-2-6-12-10/h2,4,6,9,13H,3,5,7H2,1H3. The maximum absolute atomic E-state index is 9.73. The Hall–Kier alpha value is -0.640. The Labute approximate surface area is 88.7 Å². The van der Waals surface area contributed by atoms with Crippen LogP contribution >= 0.6 is 11.6 Å². The number of rotatable bonds is 5. The zero-order valence-corrected chi connectivity index (χ0v) is 8.87. The lowest BCUT2D eigenvalue weighted by Crippen LogP contribution is -2.02. The molecular formula is C10H14ClNO2. The van der Waals surface area contributed by atoms with Gasteiger partial charge in [0, 0.05) is 19.9 Å². The summed E-state index contributed by atoms with van der Waals surface area (Å²) in [6.45, 7) is 0.640. The van der Waals surface area contributed by atoms with Crippen molar-refractivity contribution in [2.45, 2.75) is 18.9 Å². The van der Waals surface area contributed by atoms with Crippen LogP contribution in [0.1, 0.15) is 24.6 Å². The summed E-state index contributed by atoms with van der Waals surface area (Å²) in [5.74, 6) is 0. The molecule has 14 heavy (non-hydrogen) atoms. The van der Waals surface area contributed by atoms with Crippen molar-refractivity contribution in [2.75, 3.05) is 13.7 Å². The first-order chi connectivity index (χ1) is 6.75. The number of hydrogen-bond acceptors (Lipinski definition) is 3. The summed E-state index contributed by atoms with van der Waals surface area (Å²) >= 11 is 5.88. The summed E-state index contributed by atoms with van der Waals surface area (Å²) in [4.78, 5) is 4.03. The minimum atomic E-state index is -0.598. The molecular weight excluding hydrogens is 202 g/mol. The molecule has 1 aromatic heterocycles. The van der Waals surface area contributed by atoms with Gasteiger partial charge in [0.15, 0.2) is 0 Å².